The van der Waals surface area contributed by atoms with Crippen LogP contribution in [0.25, 0.3) is 0 Å². The summed E-state index contributed by atoms with van der Waals surface area (Å²) >= 11 is 0. The van der Waals surface area contributed by atoms with Gasteiger partial charge in [-0.25, -0.2) is 0 Å². The largest absolute Gasteiger partial charge is 0.353 e. The number of nitrogens with zero attached hydrogens (tertiary/aromatic N) is 3. The summed E-state index contributed by atoms with van der Waals surface area (Å²) in [5.74, 6) is -0.127. The number of aromatic nitrogens is 1. The van der Waals surface area contributed by atoms with Gasteiger partial charge in [0.05, 0.1) is 6.54 Å². The van der Waals surface area contributed by atoms with Gasteiger partial charge in [0, 0.05) is 37.4 Å². The van der Waals surface area contributed by atoms with Gasteiger partial charge in [-0.05, 0) is 31.0 Å². The Kier molecular flexibility index (Phi) is 7.85. The molecule has 0 saturated carbocycles. The Morgan fingerprint density at radius 1 is 1.00 bits per heavy atom. The number of carbonyl (C=O) groups is 2. The minimum atomic E-state index is -0.128. The van der Waals surface area contributed by atoms with Crippen molar-refractivity contribution in [2.24, 2.45) is 13.0 Å². The Balaban J connectivity index is 2.23. The minimum Gasteiger partial charge on any atom is -0.353 e. The predicted molar refractivity (Wildman–Crippen MR) is 112 cm³/mol. The first-order chi connectivity index (χ1) is 13.3. The molecule has 1 aromatic heterocycles. The lowest BCUT2D eigenvalue weighted by Crippen LogP contribution is -2.47. The van der Waals surface area contributed by atoms with E-state index in [9.17, 15) is 9.59 Å². The fraction of sp³-hybridized carbons (Fsp3) is 0.478. The fourth-order valence-electron chi connectivity index (χ4n) is 3.14. The number of carbonyl (C=O) groups excluding carboxylic acids is 2. The van der Waals surface area contributed by atoms with Crippen molar-refractivity contribution in [3.05, 3.63) is 59.9 Å². The van der Waals surface area contributed by atoms with E-state index >= 15 is 0 Å². The zero-order valence-corrected chi connectivity index (χ0v) is 17.8. The number of rotatable bonds is 9. The van der Waals surface area contributed by atoms with Gasteiger partial charge in [0.2, 0.25) is 11.8 Å². The summed E-state index contributed by atoms with van der Waals surface area (Å²) in [5, 5.41) is 0. The molecule has 1 unspecified atom stereocenters. The third kappa shape index (κ3) is 5.72. The van der Waals surface area contributed by atoms with Crippen LogP contribution >= 0.6 is 0 Å². The molecule has 0 saturated heterocycles. The summed E-state index contributed by atoms with van der Waals surface area (Å²) in [5.41, 5.74) is 2.14. The van der Waals surface area contributed by atoms with Crippen LogP contribution < -0.4 is 0 Å². The molecule has 0 radical (unpaired) electrons. The Bertz CT molecular complexity index is 767. The van der Waals surface area contributed by atoms with E-state index in [1.54, 1.807) is 4.90 Å². The van der Waals surface area contributed by atoms with Gasteiger partial charge in [-0.15, -0.1) is 0 Å². The number of hydrogen-bond acceptors (Lipinski definition) is 2. The van der Waals surface area contributed by atoms with E-state index in [2.05, 4.69) is 0 Å². The van der Waals surface area contributed by atoms with Crippen molar-refractivity contribution in [3.63, 3.8) is 0 Å². The van der Waals surface area contributed by atoms with Crippen LogP contribution in [0.3, 0.4) is 0 Å². The van der Waals surface area contributed by atoms with Gasteiger partial charge >= 0.3 is 0 Å². The van der Waals surface area contributed by atoms with E-state index in [-0.39, 0.29) is 30.3 Å². The number of benzene rings is 1. The lowest BCUT2D eigenvalue weighted by molar-refractivity contribution is -0.145. The Hall–Kier alpha value is -2.56. The monoisotopic (exact) mass is 383 g/mol. The number of aryl methyl sites for hydroxylation is 1. The van der Waals surface area contributed by atoms with Crippen LogP contribution in [0.2, 0.25) is 0 Å². The standard InChI is InChI=1S/C23H33N3O2/c1-6-19(4)26(23(28)18(2)3)17-22(27)25(15-20-11-8-7-9-12-20)16-21-13-10-14-24(21)5/h7-14,18-19H,6,15-17H2,1-5H3. The molecule has 1 aromatic carbocycles. The number of amides is 2. The molecule has 0 aliphatic carbocycles. The zero-order valence-electron chi connectivity index (χ0n) is 17.8. The summed E-state index contributed by atoms with van der Waals surface area (Å²) in [6.45, 7) is 8.97. The maximum atomic E-state index is 13.3. The Morgan fingerprint density at radius 3 is 2.21 bits per heavy atom. The van der Waals surface area contributed by atoms with Crippen molar-refractivity contribution < 1.29 is 9.59 Å². The second-order valence-corrected chi connectivity index (χ2v) is 7.72. The molecule has 28 heavy (non-hydrogen) atoms. The van der Waals surface area contributed by atoms with Crippen LogP contribution in [0.15, 0.2) is 48.7 Å². The molecule has 5 heteroatoms. The first-order valence-corrected chi connectivity index (χ1v) is 10.1. The first-order valence-electron chi connectivity index (χ1n) is 10.1. The number of hydrogen-bond donors (Lipinski definition) is 0. The molecule has 1 heterocycles. The van der Waals surface area contributed by atoms with E-state index < -0.39 is 0 Å². The highest BCUT2D eigenvalue weighted by molar-refractivity contribution is 5.86. The van der Waals surface area contributed by atoms with Gasteiger partial charge in [0.15, 0.2) is 0 Å². The Morgan fingerprint density at radius 2 is 1.68 bits per heavy atom. The predicted octanol–water partition coefficient (Wildman–Crippen LogP) is 3.84. The van der Waals surface area contributed by atoms with E-state index in [1.807, 2.05) is 92.9 Å². The summed E-state index contributed by atoms with van der Waals surface area (Å²) in [6.07, 6.45) is 2.80. The summed E-state index contributed by atoms with van der Waals surface area (Å²) in [7, 11) is 1.98. The van der Waals surface area contributed by atoms with Crippen molar-refractivity contribution in [1.82, 2.24) is 14.4 Å². The van der Waals surface area contributed by atoms with Crippen molar-refractivity contribution in [2.45, 2.75) is 53.2 Å². The highest BCUT2D eigenvalue weighted by Crippen LogP contribution is 2.14. The maximum Gasteiger partial charge on any atom is 0.242 e. The maximum absolute atomic E-state index is 13.3. The fourth-order valence-corrected chi connectivity index (χ4v) is 3.14. The SMILES string of the molecule is CCC(C)N(CC(=O)N(Cc1ccccc1)Cc1cccn1C)C(=O)C(C)C. The van der Waals surface area contributed by atoms with E-state index in [0.717, 1.165) is 17.7 Å². The second-order valence-electron chi connectivity index (χ2n) is 7.72. The van der Waals surface area contributed by atoms with Crippen LogP contribution in [-0.4, -0.2) is 38.8 Å². The normalized spacial score (nSPS) is 12.1. The smallest absolute Gasteiger partial charge is 0.242 e. The van der Waals surface area contributed by atoms with E-state index in [4.69, 9.17) is 0 Å². The van der Waals surface area contributed by atoms with Gasteiger partial charge in [-0.3, -0.25) is 9.59 Å². The van der Waals surface area contributed by atoms with Crippen LogP contribution in [-0.2, 0) is 29.7 Å². The van der Waals surface area contributed by atoms with Crippen LogP contribution in [0, 0.1) is 5.92 Å². The van der Waals surface area contributed by atoms with Crippen molar-refractivity contribution >= 4 is 11.8 Å². The molecular formula is C23H33N3O2. The van der Waals surface area contributed by atoms with E-state index in [1.165, 1.54) is 0 Å². The molecule has 0 spiro atoms. The molecule has 2 amide bonds. The molecule has 0 fully saturated rings. The van der Waals surface area contributed by atoms with Crippen molar-refractivity contribution in [2.75, 3.05) is 6.54 Å². The molecule has 5 nitrogen and oxygen atoms in total. The van der Waals surface area contributed by atoms with Gasteiger partial charge in [0.1, 0.15) is 6.54 Å². The van der Waals surface area contributed by atoms with Gasteiger partial charge < -0.3 is 14.4 Å². The molecule has 2 aromatic rings. The van der Waals surface area contributed by atoms with Gasteiger partial charge in [0.25, 0.3) is 0 Å². The lowest BCUT2D eigenvalue weighted by Gasteiger charge is -2.32. The third-order valence-corrected chi connectivity index (χ3v) is 5.18. The van der Waals surface area contributed by atoms with Crippen LogP contribution in [0.1, 0.15) is 45.4 Å². The highest BCUT2D eigenvalue weighted by atomic mass is 16.2. The Labute approximate surface area is 168 Å². The average molecular weight is 384 g/mol. The highest BCUT2D eigenvalue weighted by Gasteiger charge is 2.26. The van der Waals surface area contributed by atoms with Gasteiger partial charge in [-0.2, -0.15) is 0 Å². The molecule has 0 aliphatic rings. The lowest BCUT2D eigenvalue weighted by atomic mass is 10.1. The summed E-state index contributed by atoms with van der Waals surface area (Å²) in [6, 6.07) is 14.0. The van der Waals surface area contributed by atoms with Gasteiger partial charge in [-0.1, -0.05) is 51.1 Å². The quantitative estimate of drug-likeness (QED) is 0.660. The van der Waals surface area contributed by atoms with E-state index in [0.29, 0.717) is 13.1 Å². The summed E-state index contributed by atoms with van der Waals surface area (Å²) in [4.78, 5) is 29.5. The van der Waals surface area contributed by atoms with Crippen LogP contribution in [0.4, 0.5) is 0 Å². The molecule has 1 atom stereocenters. The average Bonchev–Trinajstić information content (AvgIpc) is 3.09. The molecule has 0 aliphatic heterocycles. The molecular weight excluding hydrogens is 350 g/mol. The molecule has 152 valence electrons. The second kappa shape index (κ2) is 10.1. The molecule has 2 rings (SSSR count). The van der Waals surface area contributed by atoms with Crippen molar-refractivity contribution in [3.8, 4) is 0 Å². The van der Waals surface area contributed by atoms with Crippen molar-refractivity contribution in [1.29, 1.82) is 0 Å². The minimum absolute atomic E-state index is 0.0284. The van der Waals surface area contributed by atoms with Crippen LogP contribution in [0.5, 0.6) is 0 Å². The molecule has 0 N–H and O–H groups in total. The zero-order chi connectivity index (χ0) is 20.7. The first kappa shape index (κ1) is 21.7. The topological polar surface area (TPSA) is 45.6 Å². The third-order valence-electron chi connectivity index (χ3n) is 5.18. The molecule has 0 bridgehead atoms. The summed E-state index contributed by atoms with van der Waals surface area (Å²) < 4.78 is 2.02.